The van der Waals surface area contributed by atoms with Gasteiger partial charge >= 0.3 is 0 Å². The molecule has 1 fully saturated rings. The molecular formula is C11H15NO. The first-order valence-corrected chi connectivity index (χ1v) is 4.95. The van der Waals surface area contributed by atoms with Crippen molar-refractivity contribution in [1.82, 2.24) is 4.98 Å². The molecule has 1 saturated carbocycles. The molecule has 0 aliphatic heterocycles. The van der Waals surface area contributed by atoms with Gasteiger partial charge in [-0.15, -0.1) is 0 Å². The van der Waals surface area contributed by atoms with Gasteiger partial charge in [-0.3, -0.25) is 4.98 Å². The average molecular weight is 177 g/mol. The molecule has 0 aromatic carbocycles. The van der Waals surface area contributed by atoms with Crippen LogP contribution in [-0.2, 0) is 0 Å². The van der Waals surface area contributed by atoms with Crippen molar-refractivity contribution in [1.29, 1.82) is 0 Å². The molecular weight excluding hydrogens is 162 g/mol. The lowest BCUT2D eigenvalue weighted by Crippen LogP contribution is -2.18. The first-order chi connectivity index (χ1) is 6.36. The largest absolute Gasteiger partial charge is 0.393 e. The molecule has 1 aromatic heterocycles. The van der Waals surface area contributed by atoms with Gasteiger partial charge in [-0.1, -0.05) is 12.5 Å². The molecule has 0 unspecified atom stereocenters. The third-order valence-corrected chi connectivity index (χ3v) is 2.75. The lowest BCUT2D eigenvalue weighted by molar-refractivity contribution is 0.119. The van der Waals surface area contributed by atoms with Gasteiger partial charge in [-0.25, -0.2) is 0 Å². The van der Waals surface area contributed by atoms with E-state index < -0.39 is 0 Å². The molecule has 13 heavy (non-hydrogen) atoms. The summed E-state index contributed by atoms with van der Waals surface area (Å²) in [5, 5.41) is 9.51. The molecule has 0 amide bonds. The Bertz CT molecular complexity index is 260. The molecule has 2 atom stereocenters. The molecule has 2 nitrogen and oxygen atoms in total. The van der Waals surface area contributed by atoms with Crippen molar-refractivity contribution >= 4 is 0 Å². The van der Waals surface area contributed by atoms with Gasteiger partial charge in [-0.2, -0.15) is 0 Å². The lowest BCUT2D eigenvalue weighted by Gasteiger charge is -2.25. The Morgan fingerprint density at radius 2 is 2.23 bits per heavy atom. The zero-order valence-corrected chi connectivity index (χ0v) is 7.69. The van der Waals surface area contributed by atoms with Gasteiger partial charge in [0, 0.05) is 17.8 Å². The van der Waals surface area contributed by atoms with E-state index in [1.54, 1.807) is 0 Å². The summed E-state index contributed by atoms with van der Waals surface area (Å²) in [6, 6.07) is 6.01. The maximum absolute atomic E-state index is 9.51. The highest BCUT2D eigenvalue weighted by Crippen LogP contribution is 2.31. The van der Waals surface area contributed by atoms with Crippen LogP contribution in [0.1, 0.15) is 37.3 Å². The Kier molecular flexibility index (Phi) is 2.60. The lowest BCUT2D eigenvalue weighted by atomic mass is 9.85. The molecule has 1 aliphatic rings. The second-order valence-corrected chi connectivity index (χ2v) is 3.77. The van der Waals surface area contributed by atoms with Crippen LogP contribution in [0.5, 0.6) is 0 Å². The van der Waals surface area contributed by atoms with Gasteiger partial charge in [0.2, 0.25) is 0 Å². The van der Waals surface area contributed by atoms with Crippen LogP contribution in [0.4, 0.5) is 0 Å². The molecule has 70 valence electrons. The molecule has 2 rings (SSSR count). The van der Waals surface area contributed by atoms with E-state index in [2.05, 4.69) is 11.1 Å². The number of hydrogen-bond donors (Lipinski definition) is 1. The second kappa shape index (κ2) is 3.88. The van der Waals surface area contributed by atoms with Crippen molar-refractivity contribution in [2.24, 2.45) is 0 Å². The zero-order valence-electron chi connectivity index (χ0n) is 7.69. The fourth-order valence-corrected chi connectivity index (χ4v) is 2.05. The van der Waals surface area contributed by atoms with E-state index in [1.807, 2.05) is 18.3 Å². The average Bonchev–Trinajstić information content (AvgIpc) is 2.19. The highest BCUT2D eigenvalue weighted by molar-refractivity contribution is 5.10. The number of nitrogens with zero attached hydrogens (tertiary/aromatic N) is 1. The first kappa shape index (κ1) is 8.70. The van der Waals surface area contributed by atoms with Gasteiger partial charge < -0.3 is 5.11 Å². The monoisotopic (exact) mass is 177 g/mol. The summed E-state index contributed by atoms with van der Waals surface area (Å²) >= 11 is 0. The highest BCUT2D eigenvalue weighted by Gasteiger charge is 2.21. The molecule has 0 radical (unpaired) electrons. The van der Waals surface area contributed by atoms with E-state index in [0.29, 0.717) is 5.92 Å². The van der Waals surface area contributed by atoms with Crippen LogP contribution in [0.2, 0.25) is 0 Å². The molecule has 1 heterocycles. The summed E-state index contributed by atoms with van der Waals surface area (Å²) in [6.07, 6.45) is 5.87. The van der Waals surface area contributed by atoms with Gasteiger partial charge in [0.15, 0.2) is 0 Å². The third kappa shape index (κ3) is 2.07. The number of aromatic nitrogens is 1. The first-order valence-electron chi connectivity index (χ1n) is 4.95. The fourth-order valence-electron chi connectivity index (χ4n) is 2.05. The SMILES string of the molecule is O[C@@H]1CCC[C@@H](c2ccccn2)C1. The third-order valence-electron chi connectivity index (χ3n) is 2.75. The smallest absolute Gasteiger partial charge is 0.0546 e. The summed E-state index contributed by atoms with van der Waals surface area (Å²) < 4.78 is 0. The predicted octanol–water partition coefficient (Wildman–Crippen LogP) is 2.10. The summed E-state index contributed by atoms with van der Waals surface area (Å²) in [5.74, 6) is 0.477. The van der Waals surface area contributed by atoms with E-state index in [9.17, 15) is 5.11 Å². The molecule has 0 spiro atoms. The van der Waals surface area contributed by atoms with Crippen molar-refractivity contribution in [3.8, 4) is 0 Å². The summed E-state index contributed by atoms with van der Waals surface area (Å²) in [7, 11) is 0. The number of aliphatic hydroxyl groups is 1. The van der Waals surface area contributed by atoms with Gasteiger partial charge in [0.1, 0.15) is 0 Å². The van der Waals surface area contributed by atoms with Crippen LogP contribution >= 0.6 is 0 Å². The quantitative estimate of drug-likeness (QED) is 0.712. The maximum atomic E-state index is 9.51. The minimum Gasteiger partial charge on any atom is -0.393 e. The molecule has 0 bridgehead atoms. The van der Waals surface area contributed by atoms with E-state index in [4.69, 9.17) is 0 Å². The minimum atomic E-state index is -0.110. The van der Waals surface area contributed by atoms with Crippen molar-refractivity contribution in [2.45, 2.75) is 37.7 Å². The Morgan fingerprint density at radius 3 is 2.92 bits per heavy atom. The molecule has 1 aliphatic carbocycles. The standard InChI is InChI=1S/C11H15NO/c13-10-5-3-4-9(8-10)11-6-1-2-7-12-11/h1-2,6-7,9-10,13H,3-5,8H2/t9-,10-/m1/s1. The highest BCUT2D eigenvalue weighted by atomic mass is 16.3. The zero-order chi connectivity index (χ0) is 9.10. The Hall–Kier alpha value is -0.890. The van der Waals surface area contributed by atoms with Crippen LogP contribution < -0.4 is 0 Å². The van der Waals surface area contributed by atoms with Crippen LogP contribution in [-0.4, -0.2) is 16.2 Å². The van der Waals surface area contributed by atoms with E-state index in [1.165, 1.54) is 6.42 Å². The Balaban J connectivity index is 2.08. The predicted molar refractivity (Wildman–Crippen MR) is 51.5 cm³/mol. The molecule has 1 aromatic rings. The maximum Gasteiger partial charge on any atom is 0.0546 e. The number of pyridine rings is 1. The Morgan fingerprint density at radius 1 is 1.31 bits per heavy atom. The van der Waals surface area contributed by atoms with Crippen LogP contribution in [0.15, 0.2) is 24.4 Å². The normalized spacial score (nSPS) is 28.7. The Labute approximate surface area is 78.6 Å². The van der Waals surface area contributed by atoms with Gasteiger partial charge in [0.05, 0.1) is 6.10 Å². The van der Waals surface area contributed by atoms with Crippen molar-refractivity contribution in [2.75, 3.05) is 0 Å². The summed E-state index contributed by atoms with van der Waals surface area (Å²) in [5.41, 5.74) is 1.14. The molecule has 1 N–H and O–H groups in total. The van der Waals surface area contributed by atoms with Crippen LogP contribution in [0, 0.1) is 0 Å². The number of aliphatic hydroxyl groups excluding tert-OH is 1. The number of rotatable bonds is 1. The topological polar surface area (TPSA) is 33.1 Å². The fraction of sp³-hybridized carbons (Fsp3) is 0.545. The van der Waals surface area contributed by atoms with E-state index in [-0.39, 0.29) is 6.10 Å². The van der Waals surface area contributed by atoms with Crippen molar-refractivity contribution in [3.05, 3.63) is 30.1 Å². The van der Waals surface area contributed by atoms with E-state index in [0.717, 1.165) is 25.0 Å². The summed E-state index contributed by atoms with van der Waals surface area (Å²) in [6.45, 7) is 0. The van der Waals surface area contributed by atoms with Crippen LogP contribution in [0.25, 0.3) is 0 Å². The van der Waals surface area contributed by atoms with Gasteiger partial charge in [0.25, 0.3) is 0 Å². The summed E-state index contributed by atoms with van der Waals surface area (Å²) in [4.78, 5) is 4.33. The second-order valence-electron chi connectivity index (χ2n) is 3.77. The van der Waals surface area contributed by atoms with Crippen molar-refractivity contribution < 1.29 is 5.11 Å². The van der Waals surface area contributed by atoms with Crippen molar-refractivity contribution in [3.63, 3.8) is 0 Å². The molecule has 2 heteroatoms. The van der Waals surface area contributed by atoms with Gasteiger partial charge in [-0.05, 0) is 31.4 Å². The minimum absolute atomic E-state index is 0.110. The van der Waals surface area contributed by atoms with E-state index >= 15 is 0 Å². The molecule has 0 saturated heterocycles. The van der Waals surface area contributed by atoms with Crippen LogP contribution in [0.3, 0.4) is 0 Å². The number of hydrogen-bond acceptors (Lipinski definition) is 2.